The zero-order valence-corrected chi connectivity index (χ0v) is 10.7. The standard InChI is InChI=1S/C14H14N4O2/c15-13-6-10(18(19)20)7-14(17-13)16-12-8-11(12)9-4-2-1-3-5-9/h1-7,11-12H,8H2,(H3,15,16,17). The van der Waals surface area contributed by atoms with Crippen molar-refractivity contribution < 1.29 is 4.92 Å². The molecule has 1 aromatic carbocycles. The van der Waals surface area contributed by atoms with Gasteiger partial charge in [0.15, 0.2) is 0 Å². The fourth-order valence-corrected chi connectivity index (χ4v) is 2.33. The minimum Gasteiger partial charge on any atom is -0.383 e. The van der Waals surface area contributed by atoms with E-state index in [1.54, 1.807) is 0 Å². The van der Waals surface area contributed by atoms with Gasteiger partial charge in [-0.3, -0.25) is 10.1 Å². The number of nitrogens with two attached hydrogens (primary N) is 1. The Hall–Kier alpha value is -2.63. The minimum absolute atomic E-state index is 0.0445. The van der Waals surface area contributed by atoms with E-state index in [0.717, 1.165) is 6.42 Å². The number of benzene rings is 1. The first-order valence-corrected chi connectivity index (χ1v) is 6.37. The maximum atomic E-state index is 10.8. The van der Waals surface area contributed by atoms with Crippen LogP contribution in [-0.2, 0) is 0 Å². The molecule has 3 rings (SSSR count). The SMILES string of the molecule is Nc1cc([N+](=O)[O-])cc(NC2CC2c2ccccc2)n1. The van der Waals surface area contributed by atoms with E-state index in [9.17, 15) is 10.1 Å². The number of pyridine rings is 1. The number of aromatic nitrogens is 1. The first kappa shape index (κ1) is 12.4. The van der Waals surface area contributed by atoms with Crippen molar-refractivity contribution in [3.8, 4) is 0 Å². The largest absolute Gasteiger partial charge is 0.383 e. The molecule has 2 atom stereocenters. The number of anilines is 2. The zero-order chi connectivity index (χ0) is 14.1. The van der Waals surface area contributed by atoms with Crippen LogP contribution in [0.15, 0.2) is 42.5 Å². The molecule has 6 heteroatoms. The molecule has 20 heavy (non-hydrogen) atoms. The summed E-state index contributed by atoms with van der Waals surface area (Å²) in [6.45, 7) is 0. The summed E-state index contributed by atoms with van der Waals surface area (Å²) in [7, 11) is 0. The Kier molecular flexibility index (Phi) is 2.98. The molecule has 0 aliphatic heterocycles. The van der Waals surface area contributed by atoms with Crippen LogP contribution in [0.5, 0.6) is 0 Å². The Labute approximate surface area is 115 Å². The van der Waals surface area contributed by atoms with E-state index in [-0.39, 0.29) is 17.5 Å². The van der Waals surface area contributed by atoms with Gasteiger partial charge in [0.25, 0.3) is 5.69 Å². The highest BCUT2D eigenvalue weighted by atomic mass is 16.6. The van der Waals surface area contributed by atoms with Gasteiger partial charge in [-0.1, -0.05) is 30.3 Å². The summed E-state index contributed by atoms with van der Waals surface area (Å²) in [5, 5.41) is 14.0. The smallest absolute Gasteiger partial charge is 0.276 e. The third-order valence-electron chi connectivity index (χ3n) is 3.39. The van der Waals surface area contributed by atoms with Gasteiger partial charge in [0.2, 0.25) is 0 Å². The van der Waals surface area contributed by atoms with E-state index in [1.165, 1.54) is 17.7 Å². The van der Waals surface area contributed by atoms with E-state index in [2.05, 4.69) is 22.4 Å². The minimum atomic E-state index is -0.467. The van der Waals surface area contributed by atoms with Crippen molar-refractivity contribution in [2.75, 3.05) is 11.1 Å². The molecule has 2 unspecified atom stereocenters. The summed E-state index contributed by atoms with van der Waals surface area (Å²) in [6, 6.07) is 13.1. The van der Waals surface area contributed by atoms with Gasteiger partial charge in [-0.05, 0) is 12.0 Å². The molecule has 0 bridgehead atoms. The summed E-state index contributed by atoms with van der Waals surface area (Å²) in [5.74, 6) is 1.04. The van der Waals surface area contributed by atoms with Crippen LogP contribution in [0.2, 0.25) is 0 Å². The normalized spacial score (nSPS) is 20.4. The van der Waals surface area contributed by atoms with Crippen molar-refractivity contribution in [2.24, 2.45) is 0 Å². The molecule has 0 amide bonds. The fourth-order valence-electron chi connectivity index (χ4n) is 2.33. The molecule has 102 valence electrons. The number of hydrogen-bond donors (Lipinski definition) is 2. The monoisotopic (exact) mass is 270 g/mol. The molecule has 2 aromatic rings. The van der Waals surface area contributed by atoms with Crippen molar-refractivity contribution in [2.45, 2.75) is 18.4 Å². The van der Waals surface area contributed by atoms with Gasteiger partial charge in [-0.2, -0.15) is 0 Å². The average molecular weight is 270 g/mol. The summed E-state index contributed by atoms with van der Waals surface area (Å²) in [6.07, 6.45) is 0.994. The predicted molar refractivity (Wildman–Crippen MR) is 76.5 cm³/mol. The molecule has 1 heterocycles. The van der Waals surface area contributed by atoms with E-state index < -0.39 is 4.92 Å². The van der Waals surface area contributed by atoms with Crippen LogP contribution < -0.4 is 11.1 Å². The third-order valence-corrected chi connectivity index (χ3v) is 3.39. The first-order valence-electron chi connectivity index (χ1n) is 6.37. The summed E-state index contributed by atoms with van der Waals surface area (Å²) >= 11 is 0. The Balaban J connectivity index is 1.72. The van der Waals surface area contributed by atoms with Crippen LogP contribution in [0.3, 0.4) is 0 Å². The molecule has 1 saturated carbocycles. The molecule has 1 aromatic heterocycles. The zero-order valence-electron chi connectivity index (χ0n) is 10.7. The Morgan fingerprint density at radius 1 is 1.30 bits per heavy atom. The maximum Gasteiger partial charge on any atom is 0.276 e. The maximum absolute atomic E-state index is 10.8. The lowest BCUT2D eigenvalue weighted by Gasteiger charge is -2.06. The number of hydrogen-bond acceptors (Lipinski definition) is 5. The topological polar surface area (TPSA) is 94.1 Å². The highest BCUT2D eigenvalue weighted by molar-refractivity contribution is 5.54. The van der Waals surface area contributed by atoms with Crippen LogP contribution in [0.1, 0.15) is 17.9 Å². The molecular weight excluding hydrogens is 256 g/mol. The van der Waals surface area contributed by atoms with Gasteiger partial charge < -0.3 is 11.1 Å². The van der Waals surface area contributed by atoms with Gasteiger partial charge >= 0.3 is 0 Å². The van der Waals surface area contributed by atoms with Gasteiger partial charge in [-0.25, -0.2) is 4.98 Å². The number of nitrogen functional groups attached to an aromatic ring is 1. The molecular formula is C14H14N4O2. The Bertz CT molecular complexity index is 645. The molecule has 1 fully saturated rings. The molecule has 3 N–H and O–H groups in total. The quantitative estimate of drug-likeness (QED) is 0.657. The van der Waals surface area contributed by atoms with E-state index in [1.807, 2.05) is 18.2 Å². The van der Waals surface area contributed by atoms with Gasteiger partial charge in [-0.15, -0.1) is 0 Å². The second-order valence-electron chi connectivity index (χ2n) is 4.90. The van der Waals surface area contributed by atoms with Crippen LogP contribution in [-0.4, -0.2) is 15.9 Å². The summed E-state index contributed by atoms with van der Waals surface area (Å²) in [4.78, 5) is 14.4. The molecule has 1 aliphatic carbocycles. The van der Waals surface area contributed by atoms with Crippen molar-refractivity contribution in [3.05, 3.63) is 58.1 Å². The van der Waals surface area contributed by atoms with E-state index in [4.69, 9.17) is 5.73 Å². The highest BCUT2D eigenvalue weighted by Crippen LogP contribution is 2.42. The van der Waals surface area contributed by atoms with Gasteiger partial charge in [0.1, 0.15) is 11.6 Å². The number of rotatable bonds is 4. The summed E-state index contributed by atoms with van der Waals surface area (Å²) < 4.78 is 0. The highest BCUT2D eigenvalue weighted by Gasteiger charge is 2.38. The molecule has 0 spiro atoms. The lowest BCUT2D eigenvalue weighted by atomic mass is 10.1. The second-order valence-corrected chi connectivity index (χ2v) is 4.90. The second kappa shape index (κ2) is 4.80. The predicted octanol–water partition coefficient (Wildman–Crippen LogP) is 2.54. The van der Waals surface area contributed by atoms with Crippen molar-refractivity contribution in [3.63, 3.8) is 0 Å². The van der Waals surface area contributed by atoms with Crippen LogP contribution in [0.4, 0.5) is 17.3 Å². The van der Waals surface area contributed by atoms with Crippen molar-refractivity contribution >= 4 is 17.3 Å². The van der Waals surface area contributed by atoms with Crippen LogP contribution in [0.25, 0.3) is 0 Å². The number of nitrogens with one attached hydrogen (secondary N) is 1. The van der Waals surface area contributed by atoms with Crippen molar-refractivity contribution in [1.29, 1.82) is 0 Å². The summed E-state index contributed by atoms with van der Waals surface area (Å²) in [5.41, 5.74) is 6.81. The van der Waals surface area contributed by atoms with Crippen LogP contribution in [0, 0.1) is 10.1 Å². The van der Waals surface area contributed by atoms with Gasteiger partial charge in [0, 0.05) is 12.0 Å². The van der Waals surface area contributed by atoms with E-state index in [0.29, 0.717) is 11.7 Å². The fraction of sp³-hybridized carbons (Fsp3) is 0.214. The Morgan fingerprint density at radius 3 is 2.75 bits per heavy atom. The molecule has 0 radical (unpaired) electrons. The Morgan fingerprint density at radius 2 is 2.05 bits per heavy atom. The lowest BCUT2D eigenvalue weighted by Crippen LogP contribution is -2.07. The number of nitro groups is 1. The molecule has 0 saturated heterocycles. The first-order chi connectivity index (χ1) is 9.63. The van der Waals surface area contributed by atoms with E-state index >= 15 is 0 Å². The lowest BCUT2D eigenvalue weighted by molar-refractivity contribution is -0.384. The van der Waals surface area contributed by atoms with Crippen LogP contribution >= 0.6 is 0 Å². The van der Waals surface area contributed by atoms with Crippen molar-refractivity contribution in [1.82, 2.24) is 4.98 Å². The molecule has 1 aliphatic rings. The van der Waals surface area contributed by atoms with Gasteiger partial charge in [0.05, 0.1) is 17.1 Å². The number of nitrogens with zero attached hydrogens (tertiary/aromatic N) is 2. The third kappa shape index (κ3) is 2.54. The average Bonchev–Trinajstić information content (AvgIpc) is 3.18. The molecule has 6 nitrogen and oxygen atoms in total.